The molecule has 0 aromatic heterocycles. The third kappa shape index (κ3) is 3.13. The van der Waals surface area contributed by atoms with E-state index in [0.29, 0.717) is 10.7 Å². The number of nitrogens with zero attached hydrogens (tertiary/aromatic N) is 1. The van der Waals surface area contributed by atoms with Gasteiger partial charge in [-0.3, -0.25) is 14.9 Å². The molecule has 0 fully saturated rings. The maximum absolute atomic E-state index is 12.1. The molecule has 5 nitrogen and oxygen atoms in total. The Balaban J connectivity index is 2.26. The van der Waals surface area contributed by atoms with Crippen LogP contribution in [-0.4, -0.2) is 10.8 Å². The van der Waals surface area contributed by atoms with Crippen molar-refractivity contribution in [2.24, 2.45) is 0 Å². The van der Waals surface area contributed by atoms with Crippen LogP contribution >= 0.6 is 11.6 Å². The van der Waals surface area contributed by atoms with Crippen LogP contribution in [0.15, 0.2) is 42.5 Å². The number of amides is 1. The van der Waals surface area contributed by atoms with Crippen LogP contribution in [0.5, 0.6) is 0 Å². The molecular formula is C14H11ClN2O3. The molecule has 1 N–H and O–H groups in total. The first-order valence-corrected chi connectivity index (χ1v) is 6.17. The molecule has 2 rings (SSSR count). The van der Waals surface area contributed by atoms with Crippen LogP contribution in [0, 0.1) is 17.0 Å². The van der Waals surface area contributed by atoms with Crippen molar-refractivity contribution < 1.29 is 9.72 Å². The average Bonchev–Trinajstić information content (AvgIpc) is 2.43. The summed E-state index contributed by atoms with van der Waals surface area (Å²) in [6.45, 7) is 1.83. The van der Waals surface area contributed by atoms with Gasteiger partial charge in [-0.25, -0.2) is 0 Å². The Morgan fingerprint density at radius 2 is 2.00 bits per heavy atom. The minimum Gasteiger partial charge on any atom is -0.322 e. The fourth-order valence-electron chi connectivity index (χ4n) is 1.68. The summed E-state index contributed by atoms with van der Waals surface area (Å²) in [4.78, 5) is 22.2. The average molecular weight is 291 g/mol. The highest BCUT2D eigenvalue weighted by Crippen LogP contribution is 2.21. The smallest absolute Gasteiger partial charge is 0.270 e. The molecule has 2 aromatic carbocycles. The van der Waals surface area contributed by atoms with E-state index in [1.807, 2.05) is 6.92 Å². The normalized spacial score (nSPS) is 10.1. The van der Waals surface area contributed by atoms with Crippen molar-refractivity contribution in [1.29, 1.82) is 0 Å². The molecule has 0 spiro atoms. The van der Waals surface area contributed by atoms with E-state index in [1.165, 1.54) is 24.3 Å². The maximum Gasteiger partial charge on any atom is 0.270 e. The van der Waals surface area contributed by atoms with E-state index < -0.39 is 10.8 Å². The van der Waals surface area contributed by atoms with Crippen molar-refractivity contribution in [3.05, 3.63) is 68.7 Å². The third-order valence-corrected chi connectivity index (χ3v) is 3.00. The molecule has 0 aliphatic carbocycles. The van der Waals surface area contributed by atoms with Gasteiger partial charge in [-0.05, 0) is 30.7 Å². The van der Waals surface area contributed by atoms with Gasteiger partial charge in [0.05, 0.1) is 4.92 Å². The van der Waals surface area contributed by atoms with Gasteiger partial charge in [-0.2, -0.15) is 0 Å². The summed E-state index contributed by atoms with van der Waals surface area (Å²) in [5.74, 6) is -0.418. The van der Waals surface area contributed by atoms with Gasteiger partial charge >= 0.3 is 0 Å². The van der Waals surface area contributed by atoms with E-state index in [4.69, 9.17) is 11.6 Å². The van der Waals surface area contributed by atoms with Crippen LogP contribution in [0.1, 0.15) is 15.9 Å². The molecule has 0 saturated carbocycles. The summed E-state index contributed by atoms with van der Waals surface area (Å²) in [6, 6.07) is 10.7. The largest absolute Gasteiger partial charge is 0.322 e. The molecule has 2 aromatic rings. The number of anilines is 1. The lowest BCUT2D eigenvalue weighted by atomic mass is 10.1. The predicted molar refractivity (Wildman–Crippen MR) is 77.2 cm³/mol. The second-order valence-electron chi connectivity index (χ2n) is 4.22. The summed E-state index contributed by atoms with van der Waals surface area (Å²) in [6.07, 6.45) is 0. The molecule has 6 heteroatoms. The molecule has 20 heavy (non-hydrogen) atoms. The molecule has 0 radical (unpaired) electrons. The first-order valence-electron chi connectivity index (χ1n) is 5.79. The summed E-state index contributed by atoms with van der Waals surface area (Å²) >= 11 is 5.87. The lowest BCUT2D eigenvalue weighted by Crippen LogP contribution is -2.13. The van der Waals surface area contributed by atoms with Crippen LogP contribution in [0.2, 0.25) is 5.02 Å². The van der Waals surface area contributed by atoms with Crippen LogP contribution in [0.3, 0.4) is 0 Å². The van der Waals surface area contributed by atoms with E-state index >= 15 is 0 Å². The minimum absolute atomic E-state index is 0.125. The lowest BCUT2D eigenvalue weighted by molar-refractivity contribution is -0.384. The summed E-state index contributed by atoms with van der Waals surface area (Å²) < 4.78 is 0. The van der Waals surface area contributed by atoms with Crippen LogP contribution in [-0.2, 0) is 0 Å². The number of carbonyl (C=O) groups is 1. The van der Waals surface area contributed by atoms with Crippen LogP contribution in [0.4, 0.5) is 11.4 Å². The van der Waals surface area contributed by atoms with Crippen molar-refractivity contribution in [3.8, 4) is 0 Å². The van der Waals surface area contributed by atoms with Crippen molar-refractivity contribution in [3.63, 3.8) is 0 Å². The Kier molecular flexibility index (Phi) is 4.00. The predicted octanol–water partition coefficient (Wildman–Crippen LogP) is 3.81. The first-order chi connectivity index (χ1) is 9.47. The van der Waals surface area contributed by atoms with E-state index in [9.17, 15) is 14.9 Å². The third-order valence-electron chi connectivity index (χ3n) is 2.77. The Hall–Kier alpha value is -2.40. The van der Waals surface area contributed by atoms with E-state index in [2.05, 4.69) is 5.32 Å². The van der Waals surface area contributed by atoms with Gasteiger partial charge in [0.1, 0.15) is 0 Å². The van der Waals surface area contributed by atoms with Gasteiger partial charge in [-0.1, -0.05) is 23.7 Å². The summed E-state index contributed by atoms with van der Waals surface area (Å²) in [7, 11) is 0. The van der Waals surface area contributed by atoms with Gasteiger partial charge in [0.2, 0.25) is 0 Å². The number of benzene rings is 2. The zero-order chi connectivity index (χ0) is 14.7. The molecule has 0 saturated heterocycles. The zero-order valence-corrected chi connectivity index (χ0v) is 11.3. The number of nitro benzene ring substituents is 1. The number of hydrogen-bond acceptors (Lipinski definition) is 3. The Morgan fingerprint density at radius 3 is 2.70 bits per heavy atom. The number of halogens is 1. The van der Waals surface area contributed by atoms with Crippen LogP contribution < -0.4 is 5.32 Å². The highest BCUT2D eigenvalue weighted by Gasteiger charge is 2.12. The molecular weight excluding hydrogens is 280 g/mol. The van der Waals surface area contributed by atoms with E-state index in [1.54, 1.807) is 18.2 Å². The quantitative estimate of drug-likeness (QED) is 0.690. The highest BCUT2D eigenvalue weighted by molar-refractivity contribution is 6.31. The topological polar surface area (TPSA) is 72.2 Å². The van der Waals surface area contributed by atoms with Crippen molar-refractivity contribution in [2.75, 3.05) is 5.32 Å². The van der Waals surface area contributed by atoms with E-state index in [0.717, 1.165) is 5.56 Å². The van der Waals surface area contributed by atoms with Crippen molar-refractivity contribution >= 4 is 28.9 Å². The first kappa shape index (κ1) is 14.0. The second-order valence-corrected chi connectivity index (χ2v) is 4.66. The maximum atomic E-state index is 12.1. The number of hydrogen-bond donors (Lipinski definition) is 1. The summed E-state index contributed by atoms with van der Waals surface area (Å²) in [5.41, 5.74) is 1.53. The van der Waals surface area contributed by atoms with E-state index in [-0.39, 0.29) is 11.3 Å². The molecule has 1 amide bonds. The molecule has 0 unspecified atom stereocenters. The molecule has 0 aliphatic rings. The van der Waals surface area contributed by atoms with Crippen molar-refractivity contribution in [2.45, 2.75) is 6.92 Å². The number of rotatable bonds is 3. The number of non-ortho nitro benzene ring substituents is 1. The number of nitro groups is 1. The Labute approximate surface area is 120 Å². The SMILES string of the molecule is Cc1ccc(Cl)cc1NC(=O)c1cccc([N+](=O)[O-])c1. The molecule has 0 heterocycles. The fourth-order valence-corrected chi connectivity index (χ4v) is 1.86. The van der Waals surface area contributed by atoms with Crippen molar-refractivity contribution in [1.82, 2.24) is 0 Å². The van der Waals surface area contributed by atoms with Crippen LogP contribution in [0.25, 0.3) is 0 Å². The number of nitrogens with one attached hydrogen (secondary N) is 1. The van der Waals surface area contributed by atoms with Gasteiger partial charge in [0.15, 0.2) is 0 Å². The monoisotopic (exact) mass is 290 g/mol. The second kappa shape index (κ2) is 5.71. The standard InChI is InChI=1S/C14H11ClN2O3/c1-9-5-6-11(15)8-13(9)16-14(18)10-3-2-4-12(7-10)17(19)20/h2-8H,1H3,(H,16,18). The molecule has 0 aliphatic heterocycles. The summed E-state index contributed by atoms with van der Waals surface area (Å²) in [5, 5.41) is 13.9. The van der Waals surface area contributed by atoms with Gasteiger partial charge < -0.3 is 5.32 Å². The lowest BCUT2D eigenvalue weighted by Gasteiger charge is -2.08. The molecule has 102 valence electrons. The Morgan fingerprint density at radius 1 is 1.25 bits per heavy atom. The highest BCUT2D eigenvalue weighted by atomic mass is 35.5. The van der Waals surface area contributed by atoms with Gasteiger partial charge in [0.25, 0.3) is 11.6 Å². The number of carbonyl (C=O) groups excluding carboxylic acids is 1. The molecule has 0 bridgehead atoms. The fraction of sp³-hybridized carbons (Fsp3) is 0.0714. The van der Waals surface area contributed by atoms with Gasteiger partial charge in [-0.15, -0.1) is 0 Å². The zero-order valence-electron chi connectivity index (χ0n) is 10.6. The number of aryl methyl sites for hydroxylation is 1. The minimum atomic E-state index is -0.540. The Bertz CT molecular complexity index is 686. The molecule has 0 atom stereocenters. The van der Waals surface area contributed by atoms with Gasteiger partial charge in [0, 0.05) is 28.4 Å².